The van der Waals surface area contributed by atoms with Gasteiger partial charge >= 0.3 is 0 Å². The highest BCUT2D eigenvalue weighted by Crippen LogP contribution is 2.56. The molecule has 0 unspecified atom stereocenters. The van der Waals surface area contributed by atoms with E-state index in [1.54, 1.807) is 0 Å². The number of anilines is 1. The topological polar surface area (TPSA) is 52.0 Å². The second-order valence-corrected chi connectivity index (χ2v) is 13.8. The van der Waals surface area contributed by atoms with E-state index in [1.807, 2.05) is 0 Å². The SMILES string of the molecule is NCC/C=C\CC/C=C(/c1ccccc1)c1ccc(-c2cccc(-c3ccc4c(c3)C(c3ccccc3)(c3ccccc3)c3ccccc3-4)c2)cc1N. The van der Waals surface area contributed by atoms with Gasteiger partial charge in [0, 0.05) is 11.3 Å². The molecule has 4 N–H and O–H groups in total. The Morgan fingerprint density at radius 1 is 0.472 bits per heavy atom. The largest absolute Gasteiger partial charge is 0.398 e. The summed E-state index contributed by atoms with van der Waals surface area (Å²) in [5, 5.41) is 0. The molecule has 0 heterocycles. The van der Waals surface area contributed by atoms with Crippen molar-refractivity contribution in [3.05, 3.63) is 228 Å². The number of hydrogen-bond acceptors (Lipinski definition) is 2. The summed E-state index contributed by atoms with van der Waals surface area (Å²) in [5.74, 6) is 0. The number of benzene rings is 7. The Morgan fingerprint density at radius 3 is 1.72 bits per heavy atom. The first kappa shape index (κ1) is 33.9. The van der Waals surface area contributed by atoms with Crippen LogP contribution >= 0.6 is 0 Å². The van der Waals surface area contributed by atoms with Crippen molar-refractivity contribution >= 4 is 11.3 Å². The highest BCUT2D eigenvalue weighted by molar-refractivity contribution is 5.90. The molecular formula is C51H44N2. The monoisotopic (exact) mass is 684 g/mol. The first-order valence-corrected chi connectivity index (χ1v) is 18.7. The van der Waals surface area contributed by atoms with Crippen molar-refractivity contribution < 1.29 is 0 Å². The quantitative estimate of drug-likeness (QED) is 0.0809. The predicted octanol–water partition coefficient (Wildman–Crippen LogP) is 12.1. The average molecular weight is 685 g/mol. The third kappa shape index (κ3) is 6.43. The van der Waals surface area contributed by atoms with Crippen molar-refractivity contribution in [3.63, 3.8) is 0 Å². The Bertz CT molecular complexity index is 2370. The van der Waals surface area contributed by atoms with E-state index in [-0.39, 0.29) is 0 Å². The fourth-order valence-electron chi connectivity index (χ4n) is 8.15. The van der Waals surface area contributed by atoms with Gasteiger partial charge in [0.25, 0.3) is 0 Å². The molecule has 0 amide bonds. The maximum atomic E-state index is 6.89. The second-order valence-electron chi connectivity index (χ2n) is 13.8. The van der Waals surface area contributed by atoms with Gasteiger partial charge in [-0.1, -0.05) is 176 Å². The maximum Gasteiger partial charge on any atom is 0.0713 e. The molecule has 2 heteroatoms. The van der Waals surface area contributed by atoms with Gasteiger partial charge in [0.1, 0.15) is 0 Å². The molecule has 53 heavy (non-hydrogen) atoms. The van der Waals surface area contributed by atoms with E-state index in [4.69, 9.17) is 11.5 Å². The van der Waals surface area contributed by atoms with Crippen molar-refractivity contribution in [1.29, 1.82) is 0 Å². The predicted molar refractivity (Wildman–Crippen MR) is 225 cm³/mol. The molecule has 0 radical (unpaired) electrons. The Hall–Kier alpha value is -6.22. The van der Waals surface area contributed by atoms with Gasteiger partial charge < -0.3 is 11.5 Å². The molecule has 0 atom stereocenters. The van der Waals surface area contributed by atoms with Crippen LogP contribution in [0.15, 0.2) is 194 Å². The van der Waals surface area contributed by atoms with Gasteiger partial charge in [-0.05, 0) is 111 Å². The van der Waals surface area contributed by atoms with Crippen LogP contribution < -0.4 is 11.5 Å². The number of nitrogen functional groups attached to an aromatic ring is 1. The zero-order valence-electron chi connectivity index (χ0n) is 30.0. The molecule has 7 aromatic rings. The van der Waals surface area contributed by atoms with E-state index in [0.29, 0.717) is 6.54 Å². The smallest absolute Gasteiger partial charge is 0.0713 e. The maximum absolute atomic E-state index is 6.89. The molecule has 0 bridgehead atoms. The molecule has 1 aliphatic rings. The van der Waals surface area contributed by atoms with Gasteiger partial charge in [0.2, 0.25) is 0 Å². The summed E-state index contributed by atoms with van der Waals surface area (Å²) >= 11 is 0. The van der Waals surface area contributed by atoms with Crippen LogP contribution in [0.3, 0.4) is 0 Å². The highest BCUT2D eigenvalue weighted by Gasteiger charge is 2.46. The first-order valence-electron chi connectivity index (χ1n) is 18.7. The lowest BCUT2D eigenvalue weighted by Gasteiger charge is -2.34. The molecule has 258 valence electrons. The van der Waals surface area contributed by atoms with E-state index >= 15 is 0 Å². The lowest BCUT2D eigenvalue weighted by Crippen LogP contribution is -2.28. The molecule has 7 aromatic carbocycles. The zero-order valence-corrected chi connectivity index (χ0v) is 30.0. The van der Waals surface area contributed by atoms with E-state index in [1.165, 1.54) is 50.1 Å². The van der Waals surface area contributed by atoms with Gasteiger partial charge in [-0.25, -0.2) is 0 Å². The molecule has 0 aromatic heterocycles. The number of unbranched alkanes of at least 4 members (excludes halogenated alkanes) is 1. The van der Waals surface area contributed by atoms with E-state index in [9.17, 15) is 0 Å². The minimum atomic E-state index is -0.433. The number of nitrogens with two attached hydrogens (primary N) is 2. The average Bonchev–Trinajstić information content (AvgIpc) is 3.52. The molecule has 1 aliphatic carbocycles. The van der Waals surface area contributed by atoms with Gasteiger partial charge in [-0.3, -0.25) is 0 Å². The summed E-state index contributed by atoms with van der Waals surface area (Å²) in [7, 11) is 0. The summed E-state index contributed by atoms with van der Waals surface area (Å²) in [6.45, 7) is 0.679. The summed E-state index contributed by atoms with van der Waals surface area (Å²) in [5.41, 5.74) is 28.6. The van der Waals surface area contributed by atoms with Gasteiger partial charge in [-0.15, -0.1) is 0 Å². The number of rotatable bonds is 11. The fraction of sp³-hybridized carbons (Fsp3) is 0.0980. The lowest BCUT2D eigenvalue weighted by atomic mass is 9.67. The fourth-order valence-corrected chi connectivity index (χ4v) is 8.15. The Morgan fingerprint density at radius 2 is 1.04 bits per heavy atom. The third-order valence-electron chi connectivity index (χ3n) is 10.6. The van der Waals surface area contributed by atoms with Crippen LogP contribution in [0.5, 0.6) is 0 Å². The Balaban J connectivity index is 1.18. The minimum Gasteiger partial charge on any atom is -0.398 e. The van der Waals surface area contributed by atoms with Crippen LogP contribution in [0.1, 0.15) is 52.6 Å². The van der Waals surface area contributed by atoms with Crippen LogP contribution in [-0.2, 0) is 5.41 Å². The molecule has 0 saturated heterocycles. The second kappa shape index (κ2) is 15.2. The van der Waals surface area contributed by atoms with Crippen LogP contribution in [0, 0.1) is 0 Å². The molecule has 0 saturated carbocycles. The van der Waals surface area contributed by atoms with Crippen LogP contribution in [0.2, 0.25) is 0 Å². The molecule has 0 spiro atoms. The van der Waals surface area contributed by atoms with E-state index in [0.717, 1.165) is 47.2 Å². The van der Waals surface area contributed by atoms with E-state index in [2.05, 4.69) is 194 Å². The number of fused-ring (bicyclic) bond motifs is 3. The van der Waals surface area contributed by atoms with Crippen molar-refractivity contribution in [2.24, 2.45) is 5.73 Å². The van der Waals surface area contributed by atoms with E-state index < -0.39 is 5.41 Å². The summed E-state index contributed by atoms with van der Waals surface area (Å²) in [6.07, 6.45) is 9.50. The molecule has 2 nitrogen and oxygen atoms in total. The van der Waals surface area contributed by atoms with Crippen LogP contribution in [0.25, 0.3) is 39.0 Å². The Labute approximate surface area is 313 Å². The summed E-state index contributed by atoms with van der Waals surface area (Å²) in [6, 6.07) is 63.8. The lowest BCUT2D eigenvalue weighted by molar-refractivity contribution is 0.769. The van der Waals surface area contributed by atoms with Gasteiger partial charge in [0.05, 0.1) is 5.41 Å². The molecule has 8 rings (SSSR count). The summed E-state index contributed by atoms with van der Waals surface area (Å²) in [4.78, 5) is 0. The van der Waals surface area contributed by atoms with Crippen LogP contribution in [-0.4, -0.2) is 6.54 Å². The van der Waals surface area contributed by atoms with Crippen molar-refractivity contribution in [2.45, 2.75) is 24.7 Å². The summed E-state index contributed by atoms with van der Waals surface area (Å²) < 4.78 is 0. The van der Waals surface area contributed by atoms with Crippen LogP contribution in [0.4, 0.5) is 5.69 Å². The number of hydrogen-bond donors (Lipinski definition) is 2. The highest BCUT2D eigenvalue weighted by atomic mass is 14.6. The molecular weight excluding hydrogens is 641 g/mol. The number of allylic oxidation sites excluding steroid dienone is 2. The van der Waals surface area contributed by atoms with Gasteiger partial charge in [0.15, 0.2) is 0 Å². The minimum absolute atomic E-state index is 0.433. The molecule has 0 fully saturated rings. The first-order chi connectivity index (χ1) is 26.2. The van der Waals surface area contributed by atoms with Crippen molar-refractivity contribution in [1.82, 2.24) is 0 Å². The van der Waals surface area contributed by atoms with Gasteiger partial charge in [-0.2, -0.15) is 0 Å². The van der Waals surface area contributed by atoms with Crippen molar-refractivity contribution in [3.8, 4) is 33.4 Å². The Kier molecular flexibility index (Phi) is 9.71. The normalized spacial score (nSPS) is 13.2. The zero-order chi connectivity index (χ0) is 36.0. The molecule has 0 aliphatic heterocycles. The van der Waals surface area contributed by atoms with Crippen molar-refractivity contribution in [2.75, 3.05) is 12.3 Å². The standard InChI is InChI=1S/C51H44N2/c52-33-16-3-1-2-13-26-44(37-18-7-4-8-19-37)47-32-30-41(36-50(47)53)39-21-17-20-38(34-39)40-29-31-46-45-27-14-15-28-48(45)51(49(46)35-40,42-22-9-5-10-23-42)43-24-11-6-12-25-43/h1,3-12,14-15,17-32,34-36H,2,13,16,33,52-53H2/b3-1-,44-26-. The third-order valence-corrected chi connectivity index (χ3v) is 10.6.